The van der Waals surface area contributed by atoms with Crippen molar-refractivity contribution in [3.8, 4) is 16.9 Å². The zero-order valence-corrected chi connectivity index (χ0v) is 23.9. The third-order valence-electron chi connectivity index (χ3n) is 9.08. The van der Waals surface area contributed by atoms with E-state index in [1.54, 1.807) is 19.5 Å². The minimum absolute atomic E-state index is 0.0581. The van der Waals surface area contributed by atoms with E-state index in [4.69, 9.17) is 19.4 Å². The number of H-pyrrole nitrogens is 1. The zero-order chi connectivity index (χ0) is 30.8. The molecular formula is C30H30F3N7O4. The van der Waals surface area contributed by atoms with Gasteiger partial charge in [-0.05, 0) is 68.2 Å². The molecule has 1 aromatic carbocycles. The molecule has 4 fully saturated rings. The quantitative estimate of drug-likeness (QED) is 0.213. The average Bonchev–Trinajstić information content (AvgIpc) is 3.39. The molecule has 3 heterocycles. The number of aryl methyl sites for hydroxylation is 1. The topological polar surface area (TPSA) is 147 Å². The van der Waals surface area contributed by atoms with E-state index in [0.29, 0.717) is 41.1 Å². The Morgan fingerprint density at radius 3 is 2.70 bits per heavy atom. The van der Waals surface area contributed by atoms with Gasteiger partial charge in [-0.25, -0.2) is 9.78 Å². The lowest BCUT2D eigenvalue weighted by molar-refractivity contribution is -0.249. The first kappa shape index (κ1) is 28.3. The molecule has 11 nitrogen and oxygen atoms in total. The molecule has 4 bridgehead atoms. The Morgan fingerprint density at radius 1 is 1.11 bits per heavy atom. The highest BCUT2D eigenvalue weighted by Gasteiger charge is 2.63. The summed E-state index contributed by atoms with van der Waals surface area (Å²) in [5.41, 5.74) is 1.61. The normalized spacial score (nSPS) is 27.4. The predicted octanol–water partition coefficient (Wildman–Crippen LogP) is 4.91. The number of nitrogens with one attached hydrogen (secondary N) is 3. The first-order valence-corrected chi connectivity index (χ1v) is 14.4. The molecular weight excluding hydrogens is 579 g/mol. The Kier molecular flexibility index (Phi) is 6.64. The van der Waals surface area contributed by atoms with Crippen molar-refractivity contribution < 1.29 is 32.5 Å². The highest BCUT2D eigenvalue weighted by Crippen LogP contribution is 2.57. The first-order chi connectivity index (χ1) is 21.0. The maximum Gasteiger partial charge on any atom is 0.490 e. The van der Waals surface area contributed by atoms with Crippen LogP contribution in [0.4, 0.5) is 30.8 Å². The summed E-state index contributed by atoms with van der Waals surface area (Å²) in [5.74, 6) is -0.878. The molecule has 0 saturated heterocycles. The van der Waals surface area contributed by atoms with Crippen molar-refractivity contribution >= 4 is 34.5 Å². The molecule has 4 aliphatic rings. The Bertz CT molecular complexity index is 1750. The number of carbonyl (C=O) groups excluding carboxylic acids is 1. The van der Waals surface area contributed by atoms with Gasteiger partial charge in [0.2, 0.25) is 5.95 Å². The number of hydrogen-bond acceptors (Lipinski definition) is 10. The predicted molar refractivity (Wildman–Crippen MR) is 153 cm³/mol. The highest BCUT2D eigenvalue weighted by atomic mass is 19.4. The van der Waals surface area contributed by atoms with Crippen LogP contribution in [-0.4, -0.2) is 67.3 Å². The van der Waals surface area contributed by atoms with Crippen LogP contribution in [0, 0.1) is 24.7 Å². The zero-order valence-electron chi connectivity index (χ0n) is 23.9. The fourth-order valence-electron chi connectivity index (χ4n) is 7.42. The number of aromatic amines is 1. The van der Waals surface area contributed by atoms with Crippen LogP contribution in [0.3, 0.4) is 0 Å². The molecule has 44 heavy (non-hydrogen) atoms. The van der Waals surface area contributed by atoms with Gasteiger partial charge in [0.1, 0.15) is 23.3 Å². The Morgan fingerprint density at radius 2 is 1.95 bits per heavy atom. The van der Waals surface area contributed by atoms with Crippen LogP contribution >= 0.6 is 0 Å². The van der Waals surface area contributed by atoms with Crippen LogP contribution in [0.1, 0.15) is 31.4 Å². The van der Waals surface area contributed by atoms with Gasteiger partial charge >= 0.3 is 12.1 Å². The van der Waals surface area contributed by atoms with Crippen LogP contribution in [0.5, 0.6) is 5.75 Å². The van der Waals surface area contributed by atoms with Crippen molar-refractivity contribution in [2.75, 3.05) is 17.7 Å². The van der Waals surface area contributed by atoms with Gasteiger partial charge in [0.05, 0.1) is 18.8 Å². The number of benzene rings is 1. The first-order valence-electron chi connectivity index (χ1n) is 14.4. The molecule has 14 heteroatoms. The fourth-order valence-corrected chi connectivity index (χ4v) is 7.42. The summed E-state index contributed by atoms with van der Waals surface area (Å²) in [6.07, 6.45) is -1.27. The van der Waals surface area contributed by atoms with Gasteiger partial charge in [-0.3, -0.25) is 10.1 Å². The fraction of sp³-hybridized carbons (Fsp3) is 0.433. The number of pyridine rings is 1. The number of carbonyl (C=O) groups is 1. The molecule has 6 unspecified atom stereocenters. The van der Waals surface area contributed by atoms with E-state index in [1.807, 2.05) is 37.3 Å². The van der Waals surface area contributed by atoms with E-state index < -0.39 is 35.8 Å². The second-order valence-corrected chi connectivity index (χ2v) is 12.1. The Labute approximate surface area is 249 Å². The number of ether oxygens (including phenoxy) is 2. The third-order valence-corrected chi connectivity index (χ3v) is 9.08. The molecule has 0 spiro atoms. The average molecular weight is 610 g/mol. The van der Waals surface area contributed by atoms with Crippen LogP contribution in [0.15, 0.2) is 42.7 Å². The van der Waals surface area contributed by atoms with Crippen molar-refractivity contribution in [1.29, 1.82) is 0 Å². The molecule has 4 aromatic rings. The second-order valence-electron chi connectivity index (χ2n) is 12.1. The standard InChI is InChI=1S/C30H30F3N7O4/c1-14-5-23(40-39-14)36-26-20-4-3-16(18-8-19(43-2)13-34-12-18)9-22(20)35-28(38-26)37-24-17-6-15-7-21(24)25(29(42,10-15)11-17)44-27(41)30(31,32)33/h3-5,8-9,12-13,15,17,21,24-25,42H,6-7,10-11H2,1-2H3,(H3,35,36,37,38,39,40). The number of anilines is 3. The van der Waals surface area contributed by atoms with Gasteiger partial charge in [0.25, 0.3) is 0 Å². The molecule has 6 atom stereocenters. The van der Waals surface area contributed by atoms with E-state index in [9.17, 15) is 23.1 Å². The maximum absolute atomic E-state index is 13.2. The molecule has 8 rings (SSSR count). The third kappa shape index (κ3) is 5.06. The van der Waals surface area contributed by atoms with Crippen LogP contribution in [0.25, 0.3) is 22.0 Å². The van der Waals surface area contributed by atoms with Crippen molar-refractivity contribution in [2.45, 2.75) is 56.5 Å². The van der Waals surface area contributed by atoms with Gasteiger partial charge in [-0.1, -0.05) is 6.07 Å². The number of aromatic nitrogens is 5. The van der Waals surface area contributed by atoms with E-state index >= 15 is 0 Å². The summed E-state index contributed by atoms with van der Waals surface area (Å²) < 4.78 is 49.9. The molecule has 0 amide bonds. The van der Waals surface area contributed by atoms with Gasteiger partial charge in [-0.2, -0.15) is 23.3 Å². The van der Waals surface area contributed by atoms with Crippen LogP contribution < -0.4 is 15.4 Å². The number of esters is 1. The van der Waals surface area contributed by atoms with Crippen LogP contribution in [-0.2, 0) is 9.53 Å². The summed E-state index contributed by atoms with van der Waals surface area (Å²) in [6, 6.07) is 8.99. The molecule has 230 valence electrons. The summed E-state index contributed by atoms with van der Waals surface area (Å²) in [6.45, 7) is 1.88. The minimum atomic E-state index is -5.16. The molecule has 4 saturated carbocycles. The smallest absolute Gasteiger partial charge is 0.490 e. The van der Waals surface area contributed by atoms with E-state index in [2.05, 4.69) is 25.8 Å². The number of aliphatic hydroxyl groups is 1. The SMILES string of the molecule is COc1cncc(-c2ccc3c(Nc4cc(C)[nH]n4)nc(NC4C5CC6CC4C(OC(=O)C(F)(F)F)C(O)(C6)C5)nc3c2)c1. The summed E-state index contributed by atoms with van der Waals surface area (Å²) >= 11 is 0. The van der Waals surface area contributed by atoms with Crippen molar-refractivity contribution in [1.82, 2.24) is 25.1 Å². The number of alkyl halides is 3. The lowest BCUT2D eigenvalue weighted by atomic mass is 9.51. The molecule has 3 aromatic heterocycles. The highest BCUT2D eigenvalue weighted by molar-refractivity contribution is 5.94. The molecule has 0 aliphatic heterocycles. The van der Waals surface area contributed by atoms with Crippen molar-refractivity contribution in [3.05, 3.63) is 48.4 Å². The molecule has 0 radical (unpaired) electrons. The molecule has 4 N–H and O–H groups in total. The van der Waals surface area contributed by atoms with Gasteiger partial charge in [0, 0.05) is 40.9 Å². The van der Waals surface area contributed by atoms with Crippen LogP contribution in [0.2, 0.25) is 0 Å². The monoisotopic (exact) mass is 609 g/mol. The number of hydrogen-bond donors (Lipinski definition) is 4. The number of fused-ring (bicyclic) bond motifs is 1. The minimum Gasteiger partial charge on any atom is -0.495 e. The summed E-state index contributed by atoms with van der Waals surface area (Å²) in [4.78, 5) is 25.7. The maximum atomic E-state index is 13.2. The number of halogens is 3. The van der Waals surface area contributed by atoms with E-state index in [1.165, 1.54) is 0 Å². The lowest BCUT2D eigenvalue weighted by Gasteiger charge is -2.61. The van der Waals surface area contributed by atoms with Crippen molar-refractivity contribution in [2.24, 2.45) is 17.8 Å². The van der Waals surface area contributed by atoms with E-state index in [-0.39, 0.29) is 24.2 Å². The number of nitrogens with zero attached hydrogens (tertiary/aromatic N) is 4. The summed E-state index contributed by atoms with van der Waals surface area (Å²) in [7, 11) is 1.57. The van der Waals surface area contributed by atoms with Gasteiger partial charge in [0.15, 0.2) is 5.82 Å². The second kappa shape index (κ2) is 10.3. The Balaban J connectivity index is 1.26. The number of methoxy groups -OCH3 is 1. The Hall–Kier alpha value is -4.46. The van der Waals surface area contributed by atoms with E-state index in [0.717, 1.165) is 23.2 Å². The number of rotatable bonds is 7. The molecule has 4 aliphatic carbocycles. The lowest BCUT2D eigenvalue weighted by Crippen LogP contribution is -2.68. The van der Waals surface area contributed by atoms with Crippen molar-refractivity contribution in [3.63, 3.8) is 0 Å². The summed E-state index contributed by atoms with van der Waals surface area (Å²) in [5, 5.41) is 25.8. The van der Waals surface area contributed by atoms with Gasteiger partial charge in [-0.15, -0.1) is 0 Å². The van der Waals surface area contributed by atoms with Gasteiger partial charge < -0.3 is 25.2 Å². The largest absolute Gasteiger partial charge is 0.495 e.